The summed E-state index contributed by atoms with van der Waals surface area (Å²) in [7, 11) is 0. The molecule has 0 amide bonds. The minimum absolute atomic E-state index is 0.0103. The zero-order chi connectivity index (χ0) is 18.7. The van der Waals surface area contributed by atoms with E-state index in [-0.39, 0.29) is 17.0 Å². The molecule has 7 heteroatoms. The fourth-order valence-corrected chi connectivity index (χ4v) is 3.73. The van der Waals surface area contributed by atoms with Gasteiger partial charge in [-0.1, -0.05) is 49.3 Å². The molecule has 3 aromatic rings. The number of Topliss-reactive ketones (excluding diaryl/α,β-unsaturated/α-hetero) is 1. The van der Waals surface area contributed by atoms with E-state index in [1.807, 2.05) is 23.6 Å². The maximum Gasteiger partial charge on any atom is 0.192 e. The summed E-state index contributed by atoms with van der Waals surface area (Å²) in [5.41, 5.74) is 0.596. The molecule has 5 nitrogen and oxygen atoms in total. The number of hydrogen-bond acceptors (Lipinski definition) is 5. The van der Waals surface area contributed by atoms with Gasteiger partial charge in [0.25, 0.3) is 0 Å². The molecular weight excluding hydrogens is 370 g/mol. The van der Waals surface area contributed by atoms with Gasteiger partial charge < -0.3 is 4.42 Å². The predicted molar refractivity (Wildman–Crippen MR) is 103 cm³/mol. The van der Waals surface area contributed by atoms with Crippen LogP contribution in [0.5, 0.6) is 0 Å². The van der Waals surface area contributed by atoms with Crippen molar-refractivity contribution in [3.63, 3.8) is 0 Å². The summed E-state index contributed by atoms with van der Waals surface area (Å²) in [5.74, 6) is 1.91. The van der Waals surface area contributed by atoms with Crippen molar-refractivity contribution in [2.75, 3.05) is 0 Å². The highest BCUT2D eigenvalue weighted by Crippen LogP contribution is 2.28. The van der Waals surface area contributed by atoms with E-state index in [2.05, 4.69) is 24.0 Å². The molecule has 0 aliphatic carbocycles. The smallest absolute Gasteiger partial charge is 0.192 e. The van der Waals surface area contributed by atoms with E-state index >= 15 is 0 Å². The van der Waals surface area contributed by atoms with Gasteiger partial charge in [-0.15, -0.1) is 10.2 Å². The molecule has 0 saturated heterocycles. The Morgan fingerprint density at radius 1 is 1.23 bits per heavy atom. The highest BCUT2D eigenvalue weighted by atomic mass is 35.5. The lowest BCUT2D eigenvalue weighted by Crippen LogP contribution is -2.15. The fourth-order valence-electron chi connectivity index (χ4n) is 2.61. The third-order valence-electron chi connectivity index (χ3n) is 3.92. The third-order valence-corrected chi connectivity index (χ3v) is 5.23. The number of carbonyl (C=O) groups excluding carboxylic acids is 1. The minimum atomic E-state index is -0.312. The number of carbonyl (C=O) groups is 1. The monoisotopic (exact) mass is 389 g/mol. The summed E-state index contributed by atoms with van der Waals surface area (Å²) >= 11 is 7.39. The van der Waals surface area contributed by atoms with Crippen LogP contribution in [-0.2, 0) is 6.54 Å². The van der Waals surface area contributed by atoms with Crippen molar-refractivity contribution in [2.45, 2.75) is 43.6 Å². The molecule has 2 heterocycles. The Hall–Kier alpha value is -2.05. The van der Waals surface area contributed by atoms with Crippen LogP contribution in [0.15, 0.2) is 52.2 Å². The molecule has 0 aliphatic heterocycles. The van der Waals surface area contributed by atoms with E-state index in [0.29, 0.717) is 22.3 Å². The lowest BCUT2D eigenvalue weighted by atomic mass is 10.1. The van der Waals surface area contributed by atoms with Crippen LogP contribution in [0.2, 0.25) is 5.02 Å². The summed E-state index contributed by atoms with van der Waals surface area (Å²) < 4.78 is 7.47. The molecule has 0 spiro atoms. The molecule has 0 fully saturated rings. The van der Waals surface area contributed by atoms with Gasteiger partial charge >= 0.3 is 0 Å². The summed E-state index contributed by atoms with van der Waals surface area (Å²) in [6.45, 7) is 6.54. The van der Waals surface area contributed by atoms with Gasteiger partial charge in [-0.25, -0.2) is 0 Å². The molecule has 26 heavy (non-hydrogen) atoms. The first-order valence-electron chi connectivity index (χ1n) is 8.37. The Balaban J connectivity index is 1.83. The van der Waals surface area contributed by atoms with Crippen LogP contribution < -0.4 is 0 Å². The molecule has 2 aromatic heterocycles. The molecule has 136 valence electrons. The van der Waals surface area contributed by atoms with Crippen molar-refractivity contribution in [2.24, 2.45) is 0 Å². The number of ketones is 1. The Morgan fingerprint density at radius 3 is 2.69 bits per heavy atom. The first kappa shape index (κ1) is 18.7. The van der Waals surface area contributed by atoms with E-state index in [1.54, 1.807) is 30.5 Å². The number of aromatic nitrogens is 3. The quantitative estimate of drug-likeness (QED) is 0.417. The average Bonchev–Trinajstić information content (AvgIpc) is 3.25. The SMILES string of the molecule is CC(Sc1nnc(C(C)C)n1Cc1ccco1)C(=O)c1cccc(Cl)c1. The zero-order valence-electron chi connectivity index (χ0n) is 14.8. The van der Waals surface area contributed by atoms with Crippen LogP contribution in [0.25, 0.3) is 0 Å². The van der Waals surface area contributed by atoms with Crippen LogP contribution in [0.4, 0.5) is 0 Å². The molecule has 3 rings (SSSR count). The van der Waals surface area contributed by atoms with Gasteiger partial charge in [-0.2, -0.15) is 0 Å². The maximum atomic E-state index is 12.7. The van der Waals surface area contributed by atoms with Crippen molar-refractivity contribution in [1.82, 2.24) is 14.8 Å². The number of rotatable bonds is 7. The second-order valence-corrected chi connectivity index (χ2v) is 8.04. The molecule has 0 N–H and O–H groups in total. The van der Waals surface area contributed by atoms with E-state index in [1.165, 1.54) is 11.8 Å². The fraction of sp³-hybridized carbons (Fsp3) is 0.316. The Morgan fingerprint density at radius 2 is 2.04 bits per heavy atom. The van der Waals surface area contributed by atoms with Crippen LogP contribution in [0.3, 0.4) is 0 Å². The minimum Gasteiger partial charge on any atom is -0.467 e. The Labute approximate surface area is 161 Å². The standard InChI is InChI=1S/C19H20ClN3O2S/c1-12(2)18-21-22-19(23(18)11-16-8-5-9-25-16)26-13(3)17(24)14-6-4-7-15(20)10-14/h4-10,12-13H,11H2,1-3H3. The van der Waals surface area contributed by atoms with E-state index in [9.17, 15) is 4.79 Å². The van der Waals surface area contributed by atoms with Gasteiger partial charge in [0, 0.05) is 16.5 Å². The largest absolute Gasteiger partial charge is 0.467 e. The van der Waals surface area contributed by atoms with Gasteiger partial charge in [0.05, 0.1) is 18.1 Å². The maximum absolute atomic E-state index is 12.7. The number of nitrogens with zero attached hydrogens (tertiary/aromatic N) is 3. The number of benzene rings is 1. The van der Waals surface area contributed by atoms with Gasteiger partial charge in [-0.05, 0) is 31.2 Å². The number of thioether (sulfide) groups is 1. The van der Waals surface area contributed by atoms with Crippen molar-refractivity contribution < 1.29 is 9.21 Å². The molecule has 1 unspecified atom stereocenters. The molecule has 0 aliphatic rings. The molecular formula is C19H20ClN3O2S. The summed E-state index contributed by atoms with van der Waals surface area (Å²) in [6.07, 6.45) is 1.65. The second kappa shape index (κ2) is 8.10. The van der Waals surface area contributed by atoms with Crippen molar-refractivity contribution in [3.8, 4) is 0 Å². The Bertz CT molecular complexity index is 890. The normalized spacial score (nSPS) is 12.5. The Kier molecular flexibility index (Phi) is 5.84. The number of hydrogen-bond donors (Lipinski definition) is 0. The number of halogens is 1. The van der Waals surface area contributed by atoms with Crippen LogP contribution >= 0.6 is 23.4 Å². The third kappa shape index (κ3) is 4.19. The van der Waals surface area contributed by atoms with Gasteiger partial charge in [0.2, 0.25) is 0 Å². The van der Waals surface area contributed by atoms with Crippen LogP contribution in [0.1, 0.15) is 48.6 Å². The molecule has 0 bridgehead atoms. The van der Waals surface area contributed by atoms with Gasteiger partial charge in [0.15, 0.2) is 10.9 Å². The summed E-state index contributed by atoms with van der Waals surface area (Å²) in [5, 5.41) is 9.56. The lowest BCUT2D eigenvalue weighted by Gasteiger charge is -2.13. The summed E-state index contributed by atoms with van der Waals surface area (Å²) in [6, 6.07) is 10.8. The average molecular weight is 390 g/mol. The van der Waals surface area contributed by atoms with E-state index in [4.69, 9.17) is 16.0 Å². The molecule has 1 aromatic carbocycles. The van der Waals surface area contributed by atoms with Gasteiger partial charge in [0.1, 0.15) is 11.6 Å². The van der Waals surface area contributed by atoms with Crippen molar-refractivity contribution >= 4 is 29.1 Å². The first-order valence-corrected chi connectivity index (χ1v) is 9.63. The molecule has 0 saturated carbocycles. The second-order valence-electron chi connectivity index (χ2n) is 6.30. The molecule has 1 atom stereocenters. The zero-order valence-corrected chi connectivity index (χ0v) is 16.4. The van der Waals surface area contributed by atoms with Crippen molar-refractivity contribution in [1.29, 1.82) is 0 Å². The molecule has 0 radical (unpaired) electrons. The lowest BCUT2D eigenvalue weighted by molar-refractivity contribution is 0.0994. The van der Waals surface area contributed by atoms with Gasteiger partial charge in [-0.3, -0.25) is 9.36 Å². The van der Waals surface area contributed by atoms with Crippen LogP contribution in [0, 0.1) is 0 Å². The van der Waals surface area contributed by atoms with Crippen LogP contribution in [-0.4, -0.2) is 25.8 Å². The predicted octanol–water partition coefficient (Wildman–Crippen LogP) is 5.06. The number of furan rings is 1. The van der Waals surface area contributed by atoms with Crippen molar-refractivity contribution in [3.05, 3.63) is 64.8 Å². The topological polar surface area (TPSA) is 60.9 Å². The van der Waals surface area contributed by atoms with E-state index < -0.39 is 0 Å². The summed E-state index contributed by atoms with van der Waals surface area (Å²) in [4.78, 5) is 12.7. The highest BCUT2D eigenvalue weighted by molar-refractivity contribution is 8.00. The first-order chi connectivity index (χ1) is 12.5. The highest BCUT2D eigenvalue weighted by Gasteiger charge is 2.23. The van der Waals surface area contributed by atoms with E-state index in [0.717, 1.165) is 11.6 Å².